The Morgan fingerprint density at radius 2 is 1.79 bits per heavy atom. The number of carbonyl (C=O) groups excluding carboxylic acids is 2. The van der Waals surface area contributed by atoms with E-state index in [1.54, 1.807) is 0 Å². The number of carbonyl (C=O) groups is 2. The number of hydrogen-bond donors (Lipinski definition) is 3. The summed E-state index contributed by atoms with van der Waals surface area (Å²) in [7, 11) is 3.85. The van der Waals surface area contributed by atoms with Gasteiger partial charge >= 0.3 is 0 Å². The van der Waals surface area contributed by atoms with E-state index in [9.17, 15) is 9.59 Å². The summed E-state index contributed by atoms with van der Waals surface area (Å²) < 4.78 is 0. The van der Waals surface area contributed by atoms with Crippen molar-refractivity contribution in [3.05, 3.63) is 35.9 Å². The average molecular weight is 430 g/mol. The topological polar surface area (TPSA) is 100 Å². The molecule has 1 aromatic carbocycles. The minimum absolute atomic E-state index is 0. The van der Waals surface area contributed by atoms with Crippen LogP contribution in [-0.4, -0.2) is 43.5 Å². The van der Waals surface area contributed by atoms with Gasteiger partial charge in [0, 0.05) is 26.0 Å². The third-order valence-electron chi connectivity index (χ3n) is 4.17. The van der Waals surface area contributed by atoms with Crippen LogP contribution in [0, 0.1) is 5.92 Å². The molecule has 0 aliphatic rings. The van der Waals surface area contributed by atoms with Crippen molar-refractivity contribution < 1.29 is 9.59 Å². The third kappa shape index (κ3) is 6.82. The molecule has 0 bridgehead atoms. The number of halogens is 2. The largest absolute Gasteiger partial charge is 0.363 e. The normalized spacial score (nSPS) is 11.2. The molecule has 0 aliphatic carbocycles. The second-order valence-corrected chi connectivity index (χ2v) is 6.82. The number of nitrogens with zero attached hydrogens (tertiary/aromatic N) is 2. The Kier molecular flexibility index (Phi) is 10.8. The number of para-hydroxylation sites is 1. The number of pyridine rings is 1. The quantitative estimate of drug-likeness (QED) is 0.623. The summed E-state index contributed by atoms with van der Waals surface area (Å²) in [6, 6.07) is 9.14. The number of hydrogen-bond acceptors (Lipinski definition) is 5. The van der Waals surface area contributed by atoms with Gasteiger partial charge in [0.1, 0.15) is 5.82 Å². The van der Waals surface area contributed by atoms with E-state index >= 15 is 0 Å². The van der Waals surface area contributed by atoms with Gasteiger partial charge in [0.2, 0.25) is 11.8 Å². The number of nitrogens with one attached hydrogen (secondary N) is 2. The fraction of sp³-hybridized carbons (Fsp3) is 0.421. The van der Waals surface area contributed by atoms with Crippen LogP contribution in [0.3, 0.4) is 0 Å². The Hall–Kier alpha value is -2.09. The lowest BCUT2D eigenvalue weighted by molar-refractivity contribution is -0.127. The maximum absolute atomic E-state index is 12.1. The van der Waals surface area contributed by atoms with Crippen molar-refractivity contribution >= 4 is 53.3 Å². The number of rotatable bonds is 7. The molecule has 0 fully saturated rings. The molecule has 4 N–H and O–H groups in total. The van der Waals surface area contributed by atoms with Crippen LogP contribution in [-0.2, 0) is 16.1 Å². The van der Waals surface area contributed by atoms with Crippen molar-refractivity contribution in [2.24, 2.45) is 11.7 Å². The zero-order valence-electron chi connectivity index (χ0n) is 16.6. The third-order valence-corrected chi connectivity index (χ3v) is 4.17. The summed E-state index contributed by atoms with van der Waals surface area (Å²) in [6.07, 6.45) is 0. The summed E-state index contributed by atoms with van der Waals surface area (Å²) in [5, 5.41) is 6.40. The Bertz CT molecular complexity index is 799. The fourth-order valence-corrected chi connectivity index (χ4v) is 2.45. The van der Waals surface area contributed by atoms with Crippen LogP contribution in [0.4, 0.5) is 5.82 Å². The van der Waals surface area contributed by atoms with Crippen molar-refractivity contribution in [1.29, 1.82) is 0 Å². The first-order valence-electron chi connectivity index (χ1n) is 8.65. The Morgan fingerprint density at radius 1 is 1.14 bits per heavy atom. The first-order chi connectivity index (χ1) is 12.3. The van der Waals surface area contributed by atoms with E-state index in [4.69, 9.17) is 5.73 Å². The predicted octanol–water partition coefficient (Wildman–Crippen LogP) is 1.86. The number of amides is 2. The van der Waals surface area contributed by atoms with Gasteiger partial charge in [0.15, 0.2) is 0 Å². The minimum Gasteiger partial charge on any atom is -0.363 e. The number of benzene rings is 1. The van der Waals surface area contributed by atoms with E-state index in [1.165, 1.54) is 0 Å². The highest BCUT2D eigenvalue weighted by Crippen LogP contribution is 2.21. The van der Waals surface area contributed by atoms with Crippen LogP contribution < -0.4 is 21.3 Å². The maximum Gasteiger partial charge on any atom is 0.239 e. The van der Waals surface area contributed by atoms with Crippen LogP contribution in [0.1, 0.15) is 19.4 Å². The smallest absolute Gasteiger partial charge is 0.239 e. The lowest BCUT2D eigenvalue weighted by Gasteiger charge is -2.16. The fourth-order valence-electron chi connectivity index (χ4n) is 2.45. The number of fused-ring (bicyclic) bond motifs is 1. The van der Waals surface area contributed by atoms with Gasteiger partial charge in [-0.3, -0.25) is 9.59 Å². The second kappa shape index (κ2) is 11.7. The van der Waals surface area contributed by atoms with E-state index in [2.05, 4.69) is 15.6 Å². The Morgan fingerprint density at radius 3 is 2.39 bits per heavy atom. The molecule has 0 spiro atoms. The molecule has 0 saturated carbocycles. The van der Waals surface area contributed by atoms with Gasteiger partial charge in [0.05, 0.1) is 18.1 Å². The van der Waals surface area contributed by atoms with Crippen molar-refractivity contribution in [3.8, 4) is 0 Å². The first kappa shape index (κ1) is 25.9. The molecule has 28 heavy (non-hydrogen) atoms. The van der Waals surface area contributed by atoms with Crippen molar-refractivity contribution in [1.82, 2.24) is 15.6 Å². The summed E-state index contributed by atoms with van der Waals surface area (Å²) >= 11 is 0. The van der Waals surface area contributed by atoms with Gasteiger partial charge in [0.25, 0.3) is 0 Å². The molecular weight excluding hydrogens is 401 g/mol. The summed E-state index contributed by atoms with van der Waals surface area (Å²) in [5.74, 6) is 0.260. The molecule has 7 nitrogen and oxygen atoms in total. The van der Waals surface area contributed by atoms with E-state index in [0.717, 1.165) is 22.3 Å². The van der Waals surface area contributed by atoms with Crippen LogP contribution >= 0.6 is 24.8 Å². The molecule has 1 atom stereocenters. The average Bonchev–Trinajstić information content (AvgIpc) is 2.62. The van der Waals surface area contributed by atoms with Gasteiger partial charge in [-0.2, -0.15) is 0 Å². The van der Waals surface area contributed by atoms with E-state index < -0.39 is 6.04 Å². The first-order valence-corrected chi connectivity index (χ1v) is 8.65. The second-order valence-electron chi connectivity index (χ2n) is 6.82. The SMILES string of the molecule is CC(C)[C@H](N)C(=O)NCC(=O)NCc1cc(N(C)C)nc2ccccc12.Cl.Cl. The lowest BCUT2D eigenvalue weighted by atomic mass is 10.1. The van der Waals surface area contributed by atoms with Gasteiger partial charge in [-0.1, -0.05) is 32.0 Å². The molecule has 9 heteroatoms. The zero-order chi connectivity index (χ0) is 19.3. The Balaban J connectivity index is 0.00000364. The van der Waals surface area contributed by atoms with Crippen LogP contribution in [0.5, 0.6) is 0 Å². The van der Waals surface area contributed by atoms with Gasteiger partial charge in [-0.25, -0.2) is 4.98 Å². The van der Waals surface area contributed by atoms with Crippen LogP contribution in [0.15, 0.2) is 30.3 Å². The van der Waals surface area contributed by atoms with E-state index in [1.807, 2.05) is 63.2 Å². The van der Waals surface area contributed by atoms with Crippen LogP contribution in [0.25, 0.3) is 10.9 Å². The summed E-state index contributed by atoms with van der Waals surface area (Å²) in [4.78, 5) is 30.4. The van der Waals surface area contributed by atoms with Gasteiger partial charge in [-0.05, 0) is 23.6 Å². The molecule has 0 aliphatic heterocycles. The number of aromatic nitrogens is 1. The molecule has 156 valence electrons. The molecular formula is C19H29Cl2N5O2. The highest BCUT2D eigenvalue weighted by Gasteiger charge is 2.17. The number of anilines is 1. The molecule has 0 radical (unpaired) electrons. The zero-order valence-corrected chi connectivity index (χ0v) is 18.2. The van der Waals surface area contributed by atoms with E-state index in [0.29, 0.717) is 6.54 Å². The maximum atomic E-state index is 12.1. The van der Waals surface area contributed by atoms with Gasteiger partial charge < -0.3 is 21.3 Å². The van der Waals surface area contributed by atoms with Crippen LogP contribution in [0.2, 0.25) is 0 Å². The van der Waals surface area contributed by atoms with Crippen molar-refractivity contribution in [2.45, 2.75) is 26.4 Å². The monoisotopic (exact) mass is 429 g/mol. The molecule has 1 heterocycles. The molecule has 0 saturated heterocycles. The molecule has 2 aromatic rings. The van der Waals surface area contributed by atoms with Crippen molar-refractivity contribution in [2.75, 3.05) is 25.5 Å². The molecule has 2 amide bonds. The number of nitrogens with two attached hydrogens (primary N) is 1. The molecule has 2 rings (SSSR count). The molecule has 1 aromatic heterocycles. The lowest BCUT2D eigenvalue weighted by Crippen LogP contribution is -2.47. The highest BCUT2D eigenvalue weighted by atomic mass is 35.5. The van der Waals surface area contributed by atoms with Crippen molar-refractivity contribution in [3.63, 3.8) is 0 Å². The summed E-state index contributed by atoms with van der Waals surface area (Å²) in [6.45, 7) is 3.99. The molecule has 0 unspecified atom stereocenters. The highest BCUT2D eigenvalue weighted by molar-refractivity contribution is 5.88. The minimum atomic E-state index is -0.616. The predicted molar refractivity (Wildman–Crippen MR) is 118 cm³/mol. The van der Waals surface area contributed by atoms with Gasteiger partial charge in [-0.15, -0.1) is 24.8 Å². The summed E-state index contributed by atoms with van der Waals surface area (Å²) in [5.41, 5.74) is 7.61. The Labute approximate surface area is 178 Å². The van der Waals surface area contributed by atoms with E-state index in [-0.39, 0.29) is 49.1 Å². The standard InChI is InChI=1S/C19H27N5O2.2ClH/c1-12(2)18(20)19(26)22-11-17(25)21-10-13-9-16(24(3)4)23-15-8-6-5-7-14(13)15;;/h5-9,12,18H,10-11,20H2,1-4H3,(H,21,25)(H,22,26);2*1H/t18-;;/m0../s1.